The molecule has 0 saturated carbocycles. The van der Waals surface area contributed by atoms with Crippen molar-refractivity contribution in [2.45, 2.75) is 43.9 Å². The average Bonchev–Trinajstić information content (AvgIpc) is 3.40. The Morgan fingerprint density at radius 1 is 0.977 bits per heavy atom. The zero-order valence-corrected chi connectivity index (χ0v) is 23.7. The first-order valence-electron chi connectivity index (χ1n) is 14.5. The number of phenolic OH excluding ortho intramolecular Hbond substituents is 1. The molecule has 5 rings (SSSR count). The first-order chi connectivity index (χ1) is 20.8. The van der Waals surface area contributed by atoms with Gasteiger partial charge in [0.2, 0.25) is 5.56 Å². The zero-order chi connectivity index (χ0) is 30.4. The van der Waals surface area contributed by atoms with E-state index in [1.165, 1.54) is 12.1 Å². The van der Waals surface area contributed by atoms with Crippen LogP contribution in [0, 0.1) is 0 Å². The molecule has 10 nitrogen and oxygen atoms in total. The lowest BCUT2D eigenvalue weighted by molar-refractivity contribution is -0.145. The Bertz CT molecular complexity index is 1690. The number of fused-ring (bicyclic) bond motifs is 2. The quantitative estimate of drug-likeness (QED) is 0.118. The third kappa shape index (κ3) is 6.61. The fourth-order valence-electron chi connectivity index (χ4n) is 5.75. The maximum absolute atomic E-state index is 12.8. The molecule has 1 amide bonds. The van der Waals surface area contributed by atoms with Gasteiger partial charge in [0.1, 0.15) is 11.3 Å². The number of hydrogen-bond donors (Lipinski definition) is 7. The largest absolute Gasteiger partial charge is 0.506 e. The Balaban J connectivity index is 1.05. The van der Waals surface area contributed by atoms with Gasteiger partial charge in [-0.25, -0.2) is 4.79 Å². The topological polar surface area (TPSA) is 164 Å². The molecule has 2 atom stereocenters. The van der Waals surface area contributed by atoms with E-state index in [1.54, 1.807) is 30.3 Å². The molecule has 7 N–H and O–H groups in total. The number of aromatic hydroxyl groups is 1. The van der Waals surface area contributed by atoms with Gasteiger partial charge < -0.3 is 30.9 Å². The summed E-state index contributed by atoms with van der Waals surface area (Å²) >= 11 is 0. The monoisotopic (exact) mass is 584 g/mol. The number of aromatic amines is 1. The molecule has 2 unspecified atom stereocenters. The standard InChI is InChI=1S/C33H36N4O6/c38-27-12-10-24(25-11-13-29(40)37-30(25)27)28(39)20-34-16-3-4-17-35-31(41)23-8-5-6-21(18-23)19-36-33(32(42)43)15-14-22-7-1-2-9-26(22)33/h1-2,5-13,18,28,34,36,38-39H,3-4,14-17,19-20H2,(H,35,41)(H,37,40)(H,42,43). The predicted octanol–water partition coefficient (Wildman–Crippen LogP) is 3.08. The Morgan fingerprint density at radius 2 is 1.79 bits per heavy atom. The molecule has 1 aliphatic carbocycles. The van der Waals surface area contributed by atoms with Gasteiger partial charge in [-0.2, -0.15) is 0 Å². The van der Waals surface area contributed by atoms with Gasteiger partial charge in [0, 0.05) is 36.7 Å². The Labute approximate surface area is 248 Å². The van der Waals surface area contributed by atoms with Crippen molar-refractivity contribution < 1.29 is 24.9 Å². The Kier molecular flexibility index (Phi) is 9.20. The molecule has 10 heteroatoms. The Morgan fingerprint density at radius 3 is 2.63 bits per heavy atom. The van der Waals surface area contributed by atoms with Crippen molar-refractivity contribution in [1.29, 1.82) is 0 Å². The second kappa shape index (κ2) is 13.2. The van der Waals surface area contributed by atoms with Crippen LogP contribution in [0.2, 0.25) is 0 Å². The van der Waals surface area contributed by atoms with Crippen LogP contribution in [0.4, 0.5) is 0 Å². The lowest BCUT2D eigenvalue weighted by Gasteiger charge is -2.27. The van der Waals surface area contributed by atoms with Crippen LogP contribution in [0.15, 0.2) is 77.6 Å². The number of amides is 1. The summed E-state index contributed by atoms with van der Waals surface area (Å²) in [5.41, 5.74) is 2.61. The van der Waals surface area contributed by atoms with Gasteiger partial charge in [-0.1, -0.05) is 42.5 Å². The second-order valence-corrected chi connectivity index (χ2v) is 10.9. The maximum Gasteiger partial charge on any atom is 0.328 e. The van der Waals surface area contributed by atoms with Crippen molar-refractivity contribution >= 4 is 22.8 Å². The third-order valence-corrected chi connectivity index (χ3v) is 8.06. The number of benzene rings is 3. The number of aliphatic carboxylic acids is 1. The molecule has 4 aromatic rings. The molecule has 0 spiro atoms. The number of nitrogens with one attached hydrogen (secondary N) is 4. The van der Waals surface area contributed by atoms with Crippen LogP contribution in [0.3, 0.4) is 0 Å². The Hall–Kier alpha value is -4.51. The molecule has 0 saturated heterocycles. The summed E-state index contributed by atoms with van der Waals surface area (Å²) in [7, 11) is 0. The van der Waals surface area contributed by atoms with Crippen molar-refractivity contribution in [2.24, 2.45) is 0 Å². The van der Waals surface area contributed by atoms with E-state index in [0.717, 1.165) is 29.5 Å². The number of aliphatic hydroxyl groups excluding tert-OH is 1. The first kappa shape index (κ1) is 30.0. The molecule has 0 fully saturated rings. The van der Waals surface area contributed by atoms with E-state index >= 15 is 0 Å². The minimum Gasteiger partial charge on any atom is -0.506 e. The average molecular weight is 585 g/mol. The number of aryl methyl sites for hydroxylation is 1. The van der Waals surface area contributed by atoms with Gasteiger partial charge in [0.25, 0.3) is 5.91 Å². The number of aromatic nitrogens is 1. The van der Waals surface area contributed by atoms with Crippen molar-refractivity contribution in [3.8, 4) is 5.75 Å². The minimum atomic E-state index is -1.14. The summed E-state index contributed by atoms with van der Waals surface area (Å²) in [4.78, 5) is 39.3. The van der Waals surface area contributed by atoms with Crippen LogP contribution in [0.1, 0.15) is 58.0 Å². The van der Waals surface area contributed by atoms with Crippen LogP contribution in [-0.4, -0.2) is 51.8 Å². The highest BCUT2D eigenvalue weighted by Crippen LogP contribution is 2.37. The summed E-state index contributed by atoms with van der Waals surface area (Å²) in [5, 5.41) is 40.7. The van der Waals surface area contributed by atoms with Crippen molar-refractivity contribution in [3.05, 3.63) is 111 Å². The molecule has 43 heavy (non-hydrogen) atoms. The minimum absolute atomic E-state index is 0.0520. The number of carboxylic acids is 1. The van der Waals surface area contributed by atoms with Crippen LogP contribution in [0.25, 0.3) is 10.9 Å². The second-order valence-electron chi connectivity index (χ2n) is 10.9. The molecular weight excluding hydrogens is 548 g/mol. The number of aliphatic hydroxyl groups is 1. The fraction of sp³-hybridized carbons (Fsp3) is 0.303. The molecule has 224 valence electrons. The van der Waals surface area contributed by atoms with E-state index in [1.807, 2.05) is 30.3 Å². The highest BCUT2D eigenvalue weighted by molar-refractivity contribution is 5.94. The molecular formula is C33H36N4O6. The molecule has 0 bridgehead atoms. The number of carbonyl (C=O) groups excluding carboxylic acids is 1. The molecule has 1 heterocycles. The van der Waals surface area contributed by atoms with Gasteiger partial charge >= 0.3 is 5.97 Å². The summed E-state index contributed by atoms with van der Waals surface area (Å²) in [6, 6.07) is 20.8. The van der Waals surface area contributed by atoms with Gasteiger partial charge in [-0.05, 0) is 78.7 Å². The number of pyridine rings is 1. The SMILES string of the molecule is O=C(NCCCCNCC(O)c1ccc(O)c2[nH]c(=O)ccc12)c1cccc(CNC2(C(=O)O)CCc3ccccc32)c1. The van der Waals surface area contributed by atoms with E-state index in [-0.39, 0.29) is 17.2 Å². The number of phenols is 1. The highest BCUT2D eigenvalue weighted by atomic mass is 16.4. The van der Waals surface area contributed by atoms with Crippen LogP contribution >= 0.6 is 0 Å². The number of carboxylic acid groups (broad SMARTS) is 1. The van der Waals surface area contributed by atoms with Gasteiger partial charge in [-0.15, -0.1) is 0 Å². The molecule has 1 aromatic heterocycles. The zero-order valence-electron chi connectivity index (χ0n) is 23.7. The van der Waals surface area contributed by atoms with Gasteiger partial charge in [0.05, 0.1) is 11.6 Å². The smallest absolute Gasteiger partial charge is 0.328 e. The van der Waals surface area contributed by atoms with E-state index < -0.39 is 17.6 Å². The maximum atomic E-state index is 12.8. The lowest BCUT2D eigenvalue weighted by Crippen LogP contribution is -2.47. The van der Waals surface area contributed by atoms with Gasteiger partial charge in [0.15, 0.2) is 0 Å². The van der Waals surface area contributed by atoms with E-state index in [4.69, 9.17) is 0 Å². The van der Waals surface area contributed by atoms with E-state index in [9.17, 15) is 29.7 Å². The summed E-state index contributed by atoms with van der Waals surface area (Å²) < 4.78 is 0. The van der Waals surface area contributed by atoms with E-state index in [2.05, 4.69) is 20.9 Å². The van der Waals surface area contributed by atoms with Crippen LogP contribution in [0.5, 0.6) is 5.75 Å². The number of carbonyl (C=O) groups is 2. The third-order valence-electron chi connectivity index (χ3n) is 8.06. The molecule has 3 aromatic carbocycles. The predicted molar refractivity (Wildman–Crippen MR) is 163 cm³/mol. The van der Waals surface area contributed by atoms with Crippen LogP contribution in [-0.2, 0) is 23.3 Å². The normalized spacial score (nSPS) is 16.6. The summed E-state index contributed by atoms with van der Waals surface area (Å²) in [5.74, 6) is -1.15. The number of H-pyrrole nitrogens is 1. The first-order valence-corrected chi connectivity index (χ1v) is 14.5. The fourth-order valence-corrected chi connectivity index (χ4v) is 5.75. The van der Waals surface area contributed by atoms with E-state index in [0.29, 0.717) is 61.1 Å². The highest BCUT2D eigenvalue weighted by Gasteiger charge is 2.45. The molecule has 0 aliphatic heterocycles. The van der Waals surface area contributed by atoms with Crippen molar-refractivity contribution in [2.75, 3.05) is 19.6 Å². The van der Waals surface area contributed by atoms with Crippen LogP contribution < -0.4 is 21.5 Å². The number of rotatable bonds is 13. The lowest BCUT2D eigenvalue weighted by atomic mass is 9.91. The molecule has 0 radical (unpaired) electrons. The summed E-state index contributed by atoms with van der Waals surface area (Å²) in [6.07, 6.45) is 1.86. The number of unbranched alkanes of at least 4 members (excludes halogenated alkanes) is 1. The summed E-state index contributed by atoms with van der Waals surface area (Å²) in [6.45, 7) is 1.73. The van der Waals surface area contributed by atoms with Crippen molar-refractivity contribution in [1.82, 2.24) is 20.9 Å². The van der Waals surface area contributed by atoms with Gasteiger partial charge in [-0.3, -0.25) is 14.9 Å². The number of hydrogen-bond acceptors (Lipinski definition) is 7. The molecule has 1 aliphatic rings. The van der Waals surface area contributed by atoms with Crippen molar-refractivity contribution in [3.63, 3.8) is 0 Å².